The summed E-state index contributed by atoms with van der Waals surface area (Å²) in [5.74, 6) is 1.19. The number of aryl methyl sites for hydroxylation is 1. The first-order valence-corrected chi connectivity index (χ1v) is 10.1. The molecular formula is C19H27N3O2S. The summed E-state index contributed by atoms with van der Waals surface area (Å²) in [7, 11) is 3.90. The average Bonchev–Trinajstić information content (AvgIpc) is 2.97. The Morgan fingerprint density at radius 1 is 1.32 bits per heavy atom. The normalized spacial score (nSPS) is 19.2. The van der Waals surface area contributed by atoms with Crippen LogP contribution in [0, 0.1) is 0 Å². The van der Waals surface area contributed by atoms with Crippen molar-refractivity contribution in [3.05, 3.63) is 34.9 Å². The minimum atomic E-state index is 0.190. The molecule has 0 radical (unpaired) electrons. The lowest BCUT2D eigenvalue weighted by Gasteiger charge is -2.26. The molecule has 25 heavy (non-hydrogen) atoms. The Balaban J connectivity index is 1.83. The number of amides is 1. The first-order chi connectivity index (χ1) is 12.0. The number of carbonyl (C=O) groups is 1. The van der Waals surface area contributed by atoms with Gasteiger partial charge in [-0.1, -0.05) is 6.07 Å². The molecule has 0 fully saturated rings. The fourth-order valence-electron chi connectivity index (χ4n) is 3.40. The van der Waals surface area contributed by atoms with E-state index in [4.69, 9.17) is 4.74 Å². The van der Waals surface area contributed by atoms with Crippen molar-refractivity contribution >= 4 is 29.1 Å². The Labute approximate surface area is 154 Å². The Kier molecular flexibility index (Phi) is 5.71. The van der Waals surface area contributed by atoms with Crippen molar-refractivity contribution in [3.63, 3.8) is 0 Å². The van der Waals surface area contributed by atoms with E-state index in [1.807, 2.05) is 14.1 Å². The van der Waals surface area contributed by atoms with E-state index in [2.05, 4.69) is 41.8 Å². The molecule has 1 aromatic rings. The number of likely N-dealkylation sites (N-methyl/N-ethyl adjacent to an activating group) is 1. The average molecular weight is 362 g/mol. The Hall–Kier alpha value is -1.50. The van der Waals surface area contributed by atoms with Gasteiger partial charge >= 0.3 is 0 Å². The number of hydrazine groups is 1. The number of carbonyl (C=O) groups excluding carboxylic acids is 1. The number of anilines is 1. The lowest BCUT2D eigenvalue weighted by atomic mass is 9.97. The molecule has 1 atom stereocenters. The molecule has 3 rings (SSSR count). The molecule has 0 saturated carbocycles. The number of thioether (sulfide) groups is 1. The van der Waals surface area contributed by atoms with Crippen molar-refractivity contribution in [2.75, 3.05) is 44.2 Å². The first kappa shape index (κ1) is 18.3. The van der Waals surface area contributed by atoms with E-state index in [9.17, 15) is 4.79 Å². The van der Waals surface area contributed by atoms with Crippen LogP contribution >= 0.6 is 11.8 Å². The first-order valence-electron chi connectivity index (χ1n) is 8.69. The highest BCUT2D eigenvalue weighted by Gasteiger charge is 2.24. The monoisotopic (exact) mass is 361 g/mol. The molecular weight excluding hydrogens is 334 g/mol. The molecule has 136 valence electrons. The molecule has 5 nitrogen and oxygen atoms in total. The van der Waals surface area contributed by atoms with Crippen molar-refractivity contribution in [2.24, 2.45) is 0 Å². The highest BCUT2D eigenvalue weighted by molar-refractivity contribution is 7.98. The van der Waals surface area contributed by atoms with Gasteiger partial charge in [0.25, 0.3) is 0 Å². The van der Waals surface area contributed by atoms with E-state index < -0.39 is 0 Å². The quantitative estimate of drug-likeness (QED) is 0.844. The second-order valence-corrected chi connectivity index (χ2v) is 7.73. The van der Waals surface area contributed by atoms with Crippen molar-refractivity contribution in [3.8, 4) is 0 Å². The molecule has 2 aliphatic heterocycles. The zero-order chi connectivity index (χ0) is 18.0. The lowest BCUT2D eigenvalue weighted by Crippen LogP contribution is -2.31. The number of hydrogen-bond donors (Lipinski definition) is 1. The second-order valence-electron chi connectivity index (χ2n) is 6.82. The minimum absolute atomic E-state index is 0.190. The SMILES string of the molecule is CSCC(C)OCC1=C(c2ccc3c(c2)CCC(=O)N3C)NN(C)C1. The number of benzene rings is 1. The molecule has 1 unspecified atom stereocenters. The van der Waals surface area contributed by atoms with Crippen LogP contribution in [0.4, 0.5) is 5.69 Å². The molecule has 1 N–H and O–H groups in total. The smallest absolute Gasteiger partial charge is 0.227 e. The molecule has 0 aliphatic carbocycles. The van der Waals surface area contributed by atoms with E-state index in [-0.39, 0.29) is 12.0 Å². The number of hydrogen-bond acceptors (Lipinski definition) is 5. The van der Waals surface area contributed by atoms with Crippen molar-refractivity contribution < 1.29 is 9.53 Å². The summed E-state index contributed by atoms with van der Waals surface area (Å²) in [5, 5.41) is 2.09. The summed E-state index contributed by atoms with van der Waals surface area (Å²) in [4.78, 5) is 13.6. The predicted molar refractivity (Wildman–Crippen MR) is 105 cm³/mol. The van der Waals surface area contributed by atoms with Gasteiger partial charge in [0.15, 0.2) is 0 Å². The molecule has 0 aromatic heterocycles. The molecule has 2 heterocycles. The number of rotatable bonds is 6. The highest BCUT2D eigenvalue weighted by Crippen LogP contribution is 2.31. The molecule has 0 saturated heterocycles. The maximum absolute atomic E-state index is 11.9. The number of fused-ring (bicyclic) bond motifs is 1. The van der Waals surface area contributed by atoms with E-state index in [1.165, 1.54) is 16.7 Å². The van der Waals surface area contributed by atoms with Gasteiger partial charge in [0.2, 0.25) is 5.91 Å². The summed E-state index contributed by atoms with van der Waals surface area (Å²) < 4.78 is 6.01. The van der Waals surface area contributed by atoms with Gasteiger partial charge < -0.3 is 15.1 Å². The van der Waals surface area contributed by atoms with Gasteiger partial charge in [0.1, 0.15) is 0 Å². The van der Waals surface area contributed by atoms with Crippen LogP contribution in [-0.2, 0) is 16.0 Å². The molecule has 0 spiro atoms. The third kappa shape index (κ3) is 4.02. The van der Waals surface area contributed by atoms with Gasteiger partial charge in [0, 0.05) is 38.5 Å². The van der Waals surface area contributed by atoms with E-state index >= 15 is 0 Å². The maximum atomic E-state index is 11.9. The predicted octanol–water partition coefficient (Wildman–Crippen LogP) is 2.52. The van der Waals surface area contributed by atoms with Gasteiger partial charge in [-0.15, -0.1) is 0 Å². The largest absolute Gasteiger partial charge is 0.373 e. The molecule has 2 aliphatic rings. The zero-order valence-corrected chi connectivity index (χ0v) is 16.3. The third-order valence-electron chi connectivity index (χ3n) is 4.74. The van der Waals surface area contributed by atoms with Gasteiger partial charge in [-0.25, -0.2) is 5.01 Å². The van der Waals surface area contributed by atoms with Crippen molar-refractivity contribution in [1.82, 2.24) is 10.4 Å². The Bertz CT molecular complexity index is 689. The summed E-state index contributed by atoms with van der Waals surface area (Å²) in [5.41, 5.74) is 9.29. The summed E-state index contributed by atoms with van der Waals surface area (Å²) >= 11 is 1.81. The standard InChI is InChI=1S/C19H27N3O2S/c1-13(12-25-4)24-11-16-10-21(2)20-19(16)15-5-7-17-14(9-15)6-8-18(23)22(17)3/h5,7,9,13,20H,6,8,10-12H2,1-4H3. The molecule has 1 amide bonds. The zero-order valence-electron chi connectivity index (χ0n) is 15.5. The van der Waals surface area contributed by atoms with Crippen molar-refractivity contribution in [2.45, 2.75) is 25.9 Å². The summed E-state index contributed by atoms with van der Waals surface area (Å²) in [6.07, 6.45) is 3.75. The minimum Gasteiger partial charge on any atom is -0.373 e. The van der Waals surface area contributed by atoms with Crippen LogP contribution in [0.1, 0.15) is 24.5 Å². The van der Waals surface area contributed by atoms with Crippen LogP contribution in [0.25, 0.3) is 5.70 Å². The number of nitrogens with zero attached hydrogens (tertiary/aromatic N) is 2. The number of nitrogens with one attached hydrogen (secondary N) is 1. The lowest BCUT2D eigenvalue weighted by molar-refractivity contribution is -0.118. The van der Waals surface area contributed by atoms with Crippen LogP contribution in [0.5, 0.6) is 0 Å². The second kappa shape index (κ2) is 7.81. The molecule has 6 heteroatoms. The highest BCUT2D eigenvalue weighted by atomic mass is 32.2. The van der Waals surface area contributed by atoms with E-state index in [0.717, 1.165) is 30.1 Å². The van der Waals surface area contributed by atoms with E-state index in [1.54, 1.807) is 16.7 Å². The fourth-order valence-corrected chi connectivity index (χ4v) is 3.96. The van der Waals surface area contributed by atoms with Gasteiger partial charge in [-0.3, -0.25) is 4.79 Å². The fraction of sp³-hybridized carbons (Fsp3) is 0.526. The maximum Gasteiger partial charge on any atom is 0.227 e. The summed E-state index contributed by atoms with van der Waals surface area (Å²) in [6.45, 7) is 3.62. The topological polar surface area (TPSA) is 44.8 Å². The summed E-state index contributed by atoms with van der Waals surface area (Å²) in [6, 6.07) is 6.37. The van der Waals surface area contributed by atoms with Crippen LogP contribution in [0.3, 0.4) is 0 Å². The van der Waals surface area contributed by atoms with Crippen LogP contribution < -0.4 is 10.3 Å². The molecule has 0 bridgehead atoms. The van der Waals surface area contributed by atoms with Crippen LogP contribution in [0.2, 0.25) is 0 Å². The van der Waals surface area contributed by atoms with Crippen molar-refractivity contribution in [1.29, 1.82) is 0 Å². The van der Waals surface area contributed by atoms with Gasteiger partial charge in [-0.05, 0) is 48.4 Å². The van der Waals surface area contributed by atoms with Crippen LogP contribution in [0.15, 0.2) is 23.8 Å². The van der Waals surface area contributed by atoms with Crippen LogP contribution in [-0.4, -0.2) is 56.3 Å². The Morgan fingerprint density at radius 2 is 2.12 bits per heavy atom. The number of ether oxygens (including phenoxy) is 1. The molecule has 1 aromatic carbocycles. The van der Waals surface area contributed by atoms with Gasteiger partial charge in [0.05, 0.1) is 18.4 Å². The van der Waals surface area contributed by atoms with E-state index in [0.29, 0.717) is 13.0 Å². The Morgan fingerprint density at radius 3 is 2.88 bits per heavy atom. The van der Waals surface area contributed by atoms with Gasteiger partial charge in [-0.2, -0.15) is 11.8 Å². The third-order valence-corrected chi connectivity index (χ3v) is 5.54.